The van der Waals surface area contributed by atoms with Crippen molar-refractivity contribution in [1.29, 1.82) is 0 Å². The Kier molecular flexibility index (Phi) is 5.90. The maximum absolute atomic E-state index is 12.8. The van der Waals surface area contributed by atoms with Gasteiger partial charge in [-0.25, -0.2) is 0 Å². The van der Waals surface area contributed by atoms with Crippen LogP contribution in [0.1, 0.15) is 43.2 Å². The largest absolute Gasteiger partial charge is 0.416 e. The second-order valence-corrected chi connectivity index (χ2v) is 7.76. The Morgan fingerprint density at radius 2 is 1.88 bits per heavy atom. The average molecular weight is 368 g/mol. The molecule has 1 aliphatic heterocycles. The highest BCUT2D eigenvalue weighted by molar-refractivity contribution is 5.79. The number of hydrogen-bond acceptors (Lipinski definition) is 2. The predicted molar refractivity (Wildman–Crippen MR) is 94.4 cm³/mol. The number of likely N-dealkylation sites (tertiary alicyclic amines) is 1. The van der Waals surface area contributed by atoms with Crippen LogP contribution in [0.3, 0.4) is 0 Å². The molecule has 1 aromatic rings. The van der Waals surface area contributed by atoms with Gasteiger partial charge in [-0.3, -0.25) is 9.69 Å². The van der Waals surface area contributed by atoms with Crippen molar-refractivity contribution in [3.05, 3.63) is 35.4 Å². The van der Waals surface area contributed by atoms with Crippen LogP contribution in [0, 0.1) is 11.8 Å². The number of carbonyl (C=O) groups is 1. The van der Waals surface area contributed by atoms with Gasteiger partial charge in [0.15, 0.2) is 0 Å². The van der Waals surface area contributed by atoms with Crippen LogP contribution >= 0.6 is 0 Å². The van der Waals surface area contributed by atoms with Crippen molar-refractivity contribution in [2.45, 2.75) is 44.8 Å². The molecule has 6 heteroatoms. The number of carbonyl (C=O) groups excluding carboxylic acids is 1. The number of amides is 1. The zero-order chi connectivity index (χ0) is 18.7. The topological polar surface area (TPSA) is 23.6 Å². The molecule has 144 valence electrons. The van der Waals surface area contributed by atoms with E-state index < -0.39 is 11.7 Å². The van der Waals surface area contributed by atoms with Crippen LogP contribution in [0.2, 0.25) is 0 Å². The number of alkyl halides is 3. The Morgan fingerprint density at radius 1 is 1.19 bits per heavy atom. The SMILES string of the molecule is CN(CC1CCN(Cc2cccc(C(F)(F)F)c2)CC1)C(=O)C1CCC1. The number of benzene rings is 1. The van der Waals surface area contributed by atoms with E-state index in [1.54, 1.807) is 6.07 Å². The molecule has 1 heterocycles. The average Bonchev–Trinajstić information content (AvgIpc) is 2.54. The minimum atomic E-state index is -4.29. The summed E-state index contributed by atoms with van der Waals surface area (Å²) in [5.41, 5.74) is 0.122. The Bertz CT molecular complexity index is 620. The monoisotopic (exact) mass is 368 g/mol. The molecule has 0 unspecified atom stereocenters. The van der Waals surface area contributed by atoms with Gasteiger partial charge in [-0.15, -0.1) is 0 Å². The van der Waals surface area contributed by atoms with E-state index in [9.17, 15) is 18.0 Å². The molecule has 2 aliphatic rings. The van der Waals surface area contributed by atoms with Gasteiger partial charge in [0, 0.05) is 26.1 Å². The van der Waals surface area contributed by atoms with Crippen LogP contribution in [0.25, 0.3) is 0 Å². The summed E-state index contributed by atoms with van der Waals surface area (Å²) in [5.74, 6) is 1.01. The van der Waals surface area contributed by atoms with Crippen LogP contribution < -0.4 is 0 Å². The first kappa shape index (κ1) is 19.2. The molecule has 2 fully saturated rings. The van der Waals surface area contributed by atoms with Gasteiger partial charge < -0.3 is 4.90 Å². The molecular weight excluding hydrogens is 341 g/mol. The third kappa shape index (κ3) is 4.78. The van der Waals surface area contributed by atoms with Gasteiger partial charge in [-0.05, 0) is 56.3 Å². The molecular formula is C20H27F3N2O. The second-order valence-electron chi connectivity index (χ2n) is 7.76. The van der Waals surface area contributed by atoms with Crippen molar-refractivity contribution in [3.8, 4) is 0 Å². The first-order valence-electron chi connectivity index (χ1n) is 9.46. The summed E-state index contributed by atoms with van der Waals surface area (Å²) < 4.78 is 38.5. The van der Waals surface area contributed by atoms with Gasteiger partial charge in [0.1, 0.15) is 0 Å². The molecule has 1 saturated carbocycles. The Hall–Kier alpha value is -1.56. The molecule has 0 atom stereocenters. The third-order valence-corrected chi connectivity index (χ3v) is 5.73. The smallest absolute Gasteiger partial charge is 0.345 e. The van der Waals surface area contributed by atoms with E-state index >= 15 is 0 Å². The molecule has 0 spiro atoms. The summed E-state index contributed by atoms with van der Waals surface area (Å²) in [7, 11) is 1.90. The first-order chi connectivity index (χ1) is 12.3. The molecule has 0 aromatic heterocycles. The van der Waals surface area contributed by atoms with Crippen molar-refractivity contribution in [2.24, 2.45) is 11.8 Å². The lowest BCUT2D eigenvalue weighted by atomic mass is 9.84. The molecule has 1 saturated heterocycles. The van der Waals surface area contributed by atoms with Crippen LogP contribution in [0.5, 0.6) is 0 Å². The summed E-state index contributed by atoms with van der Waals surface area (Å²) in [6.07, 6.45) is 0.901. The number of nitrogens with zero attached hydrogens (tertiary/aromatic N) is 2. The first-order valence-corrected chi connectivity index (χ1v) is 9.46. The summed E-state index contributed by atoms with van der Waals surface area (Å²) in [4.78, 5) is 16.3. The second kappa shape index (κ2) is 7.99. The summed E-state index contributed by atoms with van der Waals surface area (Å²) >= 11 is 0. The fourth-order valence-corrected chi connectivity index (χ4v) is 3.88. The van der Waals surface area contributed by atoms with Crippen LogP contribution in [-0.4, -0.2) is 42.4 Å². The van der Waals surface area contributed by atoms with Crippen molar-refractivity contribution in [1.82, 2.24) is 9.80 Å². The number of rotatable bonds is 5. The lowest BCUT2D eigenvalue weighted by Crippen LogP contribution is -2.42. The van der Waals surface area contributed by atoms with E-state index in [0.29, 0.717) is 18.0 Å². The van der Waals surface area contributed by atoms with Crippen LogP contribution in [0.15, 0.2) is 24.3 Å². The summed E-state index contributed by atoms with van der Waals surface area (Å²) in [6, 6.07) is 5.60. The Morgan fingerprint density at radius 3 is 2.46 bits per heavy atom. The van der Waals surface area contributed by atoms with E-state index in [4.69, 9.17) is 0 Å². The van der Waals surface area contributed by atoms with Crippen molar-refractivity contribution in [3.63, 3.8) is 0 Å². The van der Waals surface area contributed by atoms with Crippen LogP contribution in [0.4, 0.5) is 13.2 Å². The van der Waals surface area contributed by atoms with Gasteiger partial charge in [-0.1, -0.05) is 24.6 Å². The van der Waals surface area contributed by atoms with Gasteiger partial charge in [0.25, 0.3) is 0 Å². The summed E-state index contributed by atoms with van der Waals surface area (Å²) in [6.45, 7) is 3.08. The van der Waals surface area contributed by atoms with Gasteiger partial charge >= 0.3 is 6.18 Å². The molecule has 3 rings (SSSR count). The summed E-state index contributed by atoms with van der Waals surface area (Å²) in [5, 5.41) is 0. The fourth-order valence-electron chi connectivity index (χ4n) is 3.88. The van der Waals surface area contributed by atoms with Crippen molar-refractivity contribution >= 4 is 5.91 Å². The Balaban J connectivity index is 1.46. The standard InChI is InChI=1S/C20H27F3N2O/c1-24(19(26)17-5-3-6-17)13-15-8-10-25(11-9-15)14-16-4-2-7-18(12-16)20(21,22)23/h2,4,7,12,15,17H,3,5-6,8-11,13-14H2,1H3. The van der Waals surface area contributed by atoms with E-state index in [1.165, 1.54) is 12.1 Å². The molecule has 0 bridgehead atoms. The van der Waals surface area contributed by atoms with E-state index in [1.807, 2.05) is 11.9 Å². The minimum Gasteiger partial charge on any atom is -0.345 e. The number of hydrogen-bond donors (Lipinski definition) is 0. The zero-order valence-electron chi connectivity index (χ0n) is 15.3. The van der Waals surface area contributed by atoms with Crippen molar-refractivity contribution in [2.75, 3.05) is 26.7 Å². The number of halogens is 3. The van der Waals surface area contributed by atoms with Gasteiger partial charge in [0.2, 0.25) is 5.91 Å². The molecule has 1 aliphatic carbocycles. The molecule has 1 aromatic carbocycles. The lowest BCUT2D eigenvalue weighted by molar-refractivity contribution is -0.138. The van der Waals surface area contributed by atoms with Gasteiger partial charge in [0.05, 0.1) is 5.56 Å². The van der Waals surface area contributed by atoms with Crippen molar-refractivity contribution < 1.29 is 18.0 Å². The quantitative estimate of drug-likeness (QED) is 0.779. The van der Waals surface area contributed by atoms with E-state index in [2.05, 4.69) is 4.90 Å². The molecule has 1 amide bonds. The van der Waals surface area contributed by atoms with Gasteiger partial charge in [-0.2, -0.15) is 13.2 Å². The van der Waals surface area contributed by atoms with E-state index in [0.717, 1.165) is 57.8 Å². The maximum atomic E-state index is 12.8. The minimum absolute atomic E-state index is 0.237. The molecule has 0 N–H and O–H groups in total. The molecule has 0 radical (unpaired) electrons. The zero-order valence-corrected chi connectivity index (χ0v) is 15.3. The highest BCUT2D eigenvalue weighted by atomic mass is 19.4. The predicted octanol–water partition coefficient (Wildman–Crippen LogP) is 4.18. The Labute approximate surface area is 153 Å². The normalized spacial score (nSPS) is 20.0. The van der Waals surface area contributed by atoms with E-state index in [-0.39, 0.29) is 11.8 Å². The highest BCUT2D eigenvalue weighted by Crippen LogP contribution is 2.31. The fraction of sp³-hybridized carbons (Fsp3) is 0.650. The third-order valence-electron chi connectivity index (χ3n) is 5.73. The van der Waals surface area contributed by atoms with Crippen LogP contribution in [-0.2, 0) is 17.5 Å². The maximum Gasteiger partial charge on any atom is 0.416 e. The molecule has 3 nitrogen and oxygen atoms in total. The number of piperidine rings is 1. The molecule has 26 heavy (non-hydrogen) atoms. The lowest BCUT2D eigenvalue weighted by Gasteiger charge is -2.36. The highest BCUT2D eigenvalue weighted by Gasteiger charge is 2.31.